The lowest BCUT2D eigenvalue weighted by Crippen LogP contribution is -2.42. The fraction of sp³-hybridized carbons (Fsp3) is 0.429. The maximum absolute atomic E-state index is 13.3. The smallest absolute Gasteiger partial charge is 0.162 e. The normalized spacial score (nSPS) is 24.6. The van der Waals surface area contributed by atoms with Gasteiger partial charge in [0, 0.05) is 17.7 Å². The van der Waals surface area contributed by atoms with Gasteiger partial charge >= 0.3 is 0 Å². The first kappa shape index (κ1) is 16.5. The van der Waals surface area contributed by atoms with Crippen LogP contribution in [-0.4, -0.2) is 10.8 Å². The summed E-state index contributed by atoms with van der Waals surface area (Å²) in [6.45, 7) is 8.63. The van der Waals surface area contributed by atoms with Crippen LogP contribution in [0.15, 0.2) is 41.0 Å². The van der Waals surface area contributed by atoms with Crippen molar-refractivity contribution in [2.45, 2.75) is 52.4 Å². The molecule has 1 aromatic carbocycles. The number of hydrogen-bond donors (Lipinski definition) is 1. The number of rotatable bonds is 2. The average molecular weight is 353 g/mol. The first-order valence-electron chi connectivity index (χ1n) is 8.92. The number of Topliss-reactive ketones (excluding diaryl/α,β-unsaturated/α-hetero) is 1. The van der Waals surface area contributed by atoms with Crippen LogP contribution in [0.25, 0.3) is 0 Å². The molecule has 0 bridgehead atoms. The number of allylic oxidation sites excluding steroid dienone is 2. The van der Waals surface area contributed by atoms with Gasteiger partial charge in [-0.25, -0.2) is 4.98 Å². The minimum atomic E-state index is -0.377. The molecule has 2 heterocycles. The molecule has 0 spiro atoms. The van der Waals surface area contributed by atoms with Crippen molar-refractivity contribution in [2.75, 3.05) is 5.32 Å². The lowest BCUT2D eigenvalue weighted by Gasteiger charge is -2.44. The molecule has 2 aliphatic rings. The number of carbonyl (C=O) groups is 1. The first-order valence-corrected chi connectivity index (χ1v) is 9.80. The summed E-state index contributed by atoms with van der Waals surface area (Å²) in [6, 6.07) is 8.66. The van der Waals surface area contributed by atoms with Crippen molar-refractivity contribution in [1.29, 1.82) is 0 Å². The van der Waals surface area contributed by atoms with Crippen LogP contribution in [0, 0.1) is 12.3 Å². The molecule has 4 rings (SSSR count). The zero-order valence-corrected chi connectivity index (χ0v) is 16.1. The van der Waals surface area contributed by atoms with Crippen molar-refractivity contribution in [1.82, 2.24) is 4.98 Å². The van der Waals surface area contributed by atoms with E-state index in [2.05, 4.69) is 62.3 Å². The molecule has 1 atom stereocenters. The van der Waals surface area contributed by atoms with Crippen LogP contribution in [0.4, 0.5) is 5.82 Å². The second-order valence-electron chi connectivity index (χ2n) is 8.07. The standard InChI is InChI=1S/C21H24N2OS/c1-5-21(14-8-6-13(2)7-9-14)17-15(10-20(3,4)11-16(17)24)23-19-18(21)25-12-22-19/h6-9,12,23H,5,10-11H2,1-4H3/t21-/m0/s1. The van der Waals surface area contributed by atoms with Crippen LogP contribution in [0.2, 0.25) is 0 Å². The number of nitrogens with zero attached hydrogens (tertiary/aromatic N) is 1. The monoisotopic (exact) mass is 352 g/mol. The Balaban J connectivity index is 2.01. The van der Waals surface area contributed by atoms with Gasteiger partial charge in [-0.15, -0.1) is 11.3 Å². The van der Waals surface area contributed by atoms with Gasteiger partial charge in [-0.2, -0.15) is 0 Å². The van der Waals surface area contributed by atoms with Crippen LogP contribution in [-0.2, 0) is 10.2 Å². The van der Waals surface area contributed by atoms with Gasteiger partial charge in [-0.3, -0.25) is 4.79 Å². The number of benzene rings is 1. The maximum Gasteiger partial charge on any atom is 0.162 e. The SMILES string of the molecule is CC[C@]1(c2ccc(C)cc2)C2=C(CC(C)(C)CC2=O)Nc2ncsc21. The Kier molecular flexibility index (Phi) is 3.66. The van der Waals surface area contributed by atoms with E-state index >= 15 is 0 Å². The molecule has 2 aromatic rings. The molecular weight excluding hydrogens is 328 g/mol. The molecule has 0 unspecified atom stereocenters. The summed E-state index contributed by atoms with van der Waals surface area (Å²) in [7, 11) is 0. The highest BCUT2D eigenvalue weighted by molar-refractivity contribution is 7.10. The van der Waals surface area contributed by atoms with Crippen molar-refractivity contribution in [3.05, 3.63) is 57.1 Å². The van der Waals surface area contributed by atoms with E-state index in [1.807, 2.05) is 5.51 Å². The number of thiazole rings is 1. The molecule has 3 nitrogen and oxygen atoms in total. The van der Waals surface area contributed by atoms with Crippen LogP contribution in [0.1, 0.15) is 56.0 Å². The third kappa shape index (κ3) is 2.38. The molecule has 1 aliphatic carbocycles. The minimum absolute atomic E-state index is 0.0107. The van der Waals surface area contributed by atoms with Gasteiger partial charge < -0.3 is 5.32 Å². The molecule has 0 radical (unpaired) electrons. The summed E-state index contributed by atoms with van der Waals surface area (Å²) in [4.78, 5) is 19.0. The van der Waals surface area contributed by atoms with Crippen LogP contribution in [0.3, 0.4) is 0 Å². The largest absolute Gasteiger partial charge is 0.342 e. The highest BCUT2D eigenvalue weighted by Crippen LogP contribution is 2.55. The predicted octanol–water partition coefficient (Wildman–Crippen LogP) is 5.22. The maximum atomic E-state index is 13.3. The number of nitrogens with one attached hydrogen (secondary N) is 1. The molecule has 1 aromatic heterocycles. The first-order chi connectivity index (χ1) is 11.9. The number of ketones is 1. The number of aromatic nitrogens is 1. The summed E-state index contributed by atoms with van der Waals surface area (Å²) < 4.78 is 0. The van der Waals surface area contributed by atoms with Gasteiger partial charge in [0.15, 0.2) is 5.78 Å². The molecule has 0 amide bonds. The molecule has 130 valence electrons. The van der Waals surface area contributed by atoms with Crippen molar-refractivity contribution in [3.63, 3.8) is 0 Å². The summed E-state index contributed by atoms with van der Waals surface area (Å²) >= 11 is 1.65. The van der Waals surface area contributed by atoms with E-state index in [0.717, 1.165) is 29.9 Å². The number of fused-ring (bicyclic) bond motifs is 1. The highest BCUT2D eigenvalue weighted by Gasteiger charge is 2.50. The number of anilines is 1. The van der Waals surface area contributed by atoms with Gasteiger partial charge in [0.05, 0.1) is 15.8 Å². The topological polar surface area (TPSA) is 42.0 Å². The second kappa shape index (κ2) is 5.53. The molecular formula is C21H24N2OS. The lowest BCUT2D eigenvalue weighted by atomic mass is 9.62. The fourth-order valence-electron chi connectivity index (χ4n) is 4.47. The van der Waals surface area contributed by atoms with E-state index in [4.69, 9.17) is 0 Å². The quantitative estimate of drug-likeness (QED) is 0.806. The van der Waals surface area contributed by atoms with Gasteiger partial charge in [-0.05, 0) is 30.7 Å². The van der Waals surface area contributed by atoms with E-state index in [0.29, 0.717) is 6.42 Å². The molecule has 0 fully saturated rings. The fourth-order valence-corrected chi connectivity index (χ4v) is 5.52. The van der Waals surface area contributed by atoms with Gasteiger partial charge in [0.2, 0.25) is 0 Å². The molecule has 0 saturated heterocycles. The second-order valence-corrected chi connectivity index (χ2v) is 8.93. The lowest BCUT2D eigenvalue weighted by molar-refractivity contribution is -0.118. The number of hydrogen-bond acceptors (Lipinski definition) is 4. The van der Waals surface area contributed by atoms with Crippen molar-refractivity contribution in [2.24, 2.45) is 5.41 Å². The summed E-state index contributed by atoms with van der Waals surface area (Å²) in [5.41, 5.74) is 5.98. The highest BCUT2D eigenvalue weighted by atomic mass is 32.1. The summed E-state index contributed by atoms with van der Waals surface area (Å²) in [5, 5.41) is 3.49. The molecule has 25 heavy (non-hydrogen) atoms. The van der Waals surface area contributed by atoms with E-state index in [1.54, 1.807) is 11.3 Å². The third-order valence-electron chi connectivity index (χ3n) is 5.60. The van der Waals surface area contributed by atoms with Crippen molar-refractivity contribution in [3.8, 4) is 0 Å². The molecule has 1 N–H and O–H groups in total. The van der Waals surface area contributed by atoms with Gasteiger partial charge in [0.25, 0.3) is 0 Å². The Labute approximate surface area is 153 Å². The predicted molar refractivity (Wildman–Crippen MR) is 103 cm³/mol. The Morgan fingerprint density at radius 2 is 1.92 bits per heavy atom. The Hall–Kier alpha value is -1.94. The van der Waals surface area contributed by atoms with E-state index in [1.165, 1.54) is 16.0 Å². The Morgan fingerprint density at radius 3 is 2.60 bits per heavy atom. The third-order valence-corrected chi connectivity index (χ3v) is 6.59. The van der Waals surface area contributed by atoms with Gasteiger partial charge in [-0.1, -0.05) is 50.6 Å². The number of aryl methyl sites for hydroxylation is 1. The Morgan fingerprint density at radius 1 is 1.20 bits per heavy atom. The zero-order valence-electron chi connectivity index (χ0n) is 15.3. The molecule has 0 saturated carbocycles. The average Bonchev–Trinajstić information content (AvgIpc) is 3.01. The molecule has 1 aliphatic heterocycles. The van der Waals surface area contributed by atoms with Crippen molar-refractivity contribution >= 4 is 22.9 Å². The Bertz CT molecular complexity index is 876. The van der Waals surface area contributed by atoms with Crippen LogP contribution in [0.5, 0.6) is 0 Å². The van der Waals surface area contributed by atoms with Gasteiger partial charge in [0.1, 0.15) is 5.82 Å². The minimum Gasteiger partial charge on any atom is -0.342 e. The van der Waals surface area contributed by atoms with Crippen LogP contribution < -0.4 is 5.32 Å². The van der Waals surface area contributed by atoms with Crippen LogP contribution >= 0.6 is 11.3 Å². The summed E-state index contributed by atoms with van der Waals surface area (Å²) in [5.74, 6) is 1.21. The van der Waals surface area contributed by atoms with Crippen molar-refractivity contribution < 1.29 is 4.79 Å². The van der Waals surface area contributed by atoms with E-state index in [9.17, 15) is 4.79 Å². The van der Waals surface area contributed by atoms with E-state index in [-0.39, 0.29) is 16.6 Å². The summed E-state index contributed by atoms with van der Waals surface area (Å²) in [6.07, 6.45) is 2.35. The van der Waals surface area contributed by atoms with E-state index < -0.39 is 0 Å². The number of carbonyl (C=O) groups excluding carboxylic acids is 1. The molecule has 4 heteroatoms. The zero-order chi connectivity index (χ0) is 17.8.